The number of hydrogen-bond acceptors (Lipinski definition) is 3. The average Bonchev–Trinajstić information content (AvgIpc) is 2.22. The Kier molecular flexibility index (Phi) is 0.754. The number of nitrogens with two attached hydrogens (primary N) is 1. The molecule has 0 bridgehead atoms. The summed E-state index contributed by atoms with van der Waals surface area (Å²) in [5.41, 5.74) is 6.30. The van der Waals surface area contributed by atoms with Crippen LogP contribution in [-0.4, -0.2) is 6.79 Å². The highest BCUT2D eigenvalue weighted by atomic mass is 16.7. The molecule has 2 N–H and O–H groups in total. The minimum Gasteiger partial charge on any atom is -0.458 e. The molecule has 0 saturated carbocycles. The Labute approximate surface area is 52.7 Å². The molecular weight excluding hydrogens is 118 g/mol. The summed E-state index contributed by atoms with van der Waals surface area (Å²) in [7, 11) is 0. The first-order valence-electron chi connectivity index (χ1n) is 2.81. The van der Waals surface area contributed by atoms with Crippen LogP contribution in [0, 0.1) is 0 Å². The van der Waals surface area contributed by atoms with E-state index in [0.717, 1.165) is 23.6 Å². The van der Waals surface area contributed by atoms with Gasteiger partial charge in [0.05, 0.1) is 0 Å². The van der Waals surface area contributed by atoms with Gasteiger partial charge in [0.1, 0.15) is 5.76 Å². The zero-order valence-electron chi connectivity index (χ0n) is 4.89. The summed E-state index contributed by atoms with van der Waals surface area (Å²) in [5, 5.41) is 0. The van der Waals surface area contributed by atoms with Gasteiger partial charge in [-0.05, 0) is 0 Å². The predicted molar refractivity (Wildman–Crippen MR) is 31.0 cm³/mol. The highest BCUT2D eigenvalue weighted by Gasteiger charge is 2.21. The molecule has 0 aromatic carbocycles. The number of rotatable bonds is 0. The highest BCUT2D eigenvalue weighted by molar-refractivity contribution is 5.31. The monoisotopic (exact) mass is 125 g/mol. The third kappa shape index (κ3) is 0.575. The van der Waals surface area contributed by atoms with Crippen LogP contribution in [0.1, 0.15) is 6.42 Å². The largest absolute Gasteiger partial charge is 0.458 e. The normalized spacial score (nSPS) is 22.9. The van der Waals surface area contributed by atoms with Crippen LogP contribution in [0.5, 0.6) is 0 Å². The first-order chi connectivity index (χ1) is 4.36. The van der Waals surface area contributed by atoms with E-state index >= 15 is 0 Å². The molecule has 0 aromatic rings. The lowest BCUT2D eigenvalue weighted by Gasteiger charge is -1.96. The van der Waals surface area contributed by atoms with Crippen molar-refractivity contribution in [2.24, 2.45) is 5.73 Å². The van der Waals surface area contributed by atoms with Crippen molar-refractivity contribution < 1.29 is 9.47 Å². The van der Waals surface area contributed by atoms with Crippen molar-refractivity contribution in [3.05, 3.63) is 23.3 Å². The maximum absolute atomic E-state index is 5.48. The topological polar surface area (TPSA) is 44.5 Å². The third-order valence-corrected chi connectivity index (χ3v) is 1.40. The molecule has 2 rings (SSSR count). The molecule has 3 nitrogen and oxygen atoms in total. The van der Waals surface area contributed by atoms with Crippen LogP contribution in [0.2, 0.25) is 0 Å². The second-order valence-corrected chi connectivity index (χ2v) is 2.09. The SMILES string of the molecule is NC1=CC2=C(C1)OCO2. The number of hydrogen-bond donors (Lipinski definition) is 1. The van der Waals surface area contributed by atoms with E-state index in [0.29, 0.717) is 6.79 Å². The number of allylic oxidation sites excluding steroid dienone is 1. The third-order valence-electron chi connectivity index (χ3n) is 1.40. The van der Waals surface area contributed by atoms with Crippen LogP contribution in [0.15, 0.2) is 23.3 Å². The minimum atomic E-state index is 0.356. The molecule has 2 aliphatic rings. The van der Waals surface area contributed by atoms with Crippen LogP contribution in [-0.2, 0) is 9.47 Å². The quantitative estimate of drug-likeness (QED) is 0.511. The second kappa shape index (κ2) is 1.43. The van der Waals surface area contributed by atoms with Gasteiger partial charge in [-0.25, -0.2) is 0 Å². The molecule has 1 aliphatic carbocycles. The van der Waals surface area contributed by atoms with E-state index in [1.165, 1.54) is 0 Å². The summed E-state index contributed by atoms with van der Waals surface area (Å²) in [5.74, 6) is 1.69. The number of ether oxygens (including phenoxy) is 2. The van der Waals surface area contributed by atoms with Crippen LogP contribution in [0.25, 0.3) is 0 Å². The van der Waals surface area contributed by atoms with Crippen LogP contribution >= 0.6 is 0 Å². The second-order valence-electron chi connectivity index (χ2n) is 2.09. The molecule has 0 amide bonds. The van der Waals surface area contributed by atoms with E-state index in [-0.39, 0.29) is 0 Å². The molecule has 1 heterocycles. The van der Waals surface area contributed by atoms with E-state index in [2.05, 4.69) is 0 Å². The Balaban J connectivity index is 2.28. The summed E-state index contributed by atoms with van der Waals surface area (Å²) >= 11 is 0. The van der Waals surface area contributed by atoms with E-state index < -0.39 is 0 Å². The first kappa shape index (κ1) is 4.73. The van der Waals surface area contributed by atoms with Crippen molar-refractivity contribution in [2.45, 2.75) is 6.42 Å². The van der Waals surface area contributed by atoms with E-state index in [4.69, 9.17) is 15.2 Å². The van der Waals surface area contributed by atoms with E-state index in [9.17, 15) is 0 Å². The summed E-state index contributed by atoms with van der Waals surface area (Å²) in [4.78, 5) is 0. The molecular formula is C6H7NO2. The van der Waals surface area contributed by atoms with Crippen molar-refractivity contribution in [3.8, 4) is 0 Å². The molecule has 0 spiro atoms. The predicted octanol–water partition coefficient (Wildman–Crippen LogP) is 0.449. The van der Waals surface area contributed by atoms with Crippen LogP contribution in [0.4, 0.5) is 0 Å². The van der Waals surface area contributed by atoms with Gasteiger partial charge in [0, 0.05) is 18.2 Å². The molecule has 0 atom stereocenters. The highest BCUT2D eigenvalue weighted by Crippen LogP contribution is 2.28. The van der Waals surface area contributed by atoms with Crippen molar-refractivity contribution in [1.29, 1.82) is 0 Å². The summed E-state index contributed by atoms with van der Waals surface area (Å²) in [6.45, 7) is 0.356. The zero-order chi connectivity index (χ0) is 6.27. The fraction of sp³-hybridized carbons (Fsp3) is 0.333. The van der Waals surface area contributed by atoms with Gasteiger partial charge >= 0.3 is 0 Å². The lowest BCUT2D eigenvalue weighted by atomic mass is 10.4. The Bertz CT molecular complexity index is 205. The van der Waals surface area contributed by atoms with Crippen molar-refractivity contribution >= 4 is 0 Å². The standard InChI is InChI=1S/C6H7NO2/c7-4-1-5-6(2-4)9-3-8-5/h1H,2-3,7H2. The maximum atomic E-state index is 5.48. The Morgan fingerprint density at radius 3 is 3.11 bits per heavy atom. The molecule has 0 fully saturated rings. The van der Waals surface area contributed by atoms with Gasteiger partial charge in [-0.15, -0.1) is 0 Å². The van der Waals surface area contributed by atoms with Crippen LogP contribution < -0.4 is 5.73 Å². The Morgan fingerprint density at radius 1 is 1.44 bits per heavy atom. The molecule has 0 saturated heterocycles. The van der Waals surface area contributed by atoms with E-state index in [1.807, 2.05) is 6.08 Å². The fourth-order valence-corrected chi connectivity index (χ4v) is 0.981. The van der Waals surface area contributed by atoms with Gasteiger partial charge in [-0.1, -0.05) is 0 Å². The summed E-state index contributed by atoms with van der Waals surface area (Å²) in [6.07, 6.45) is 2.53. The molecule has 0 unspecified atom stereocenters. The van der Waals surface area contributed by atoms with Crippen LogP contribution in [0.3, 0.4) is 0 Å². The zero-order valence-corrected chi connectivity index (χ0v) is 4.89. The van der Waals surface area contributed by atoms with Gasteiger partial charge in [-0.2, -0.15) is 0 Å². The van der Waals surface area contributed by atoms with Gasteiger partial charge in [-0.3, -0.25) is 0 Å². The van der Waals surface area contributed by atoms with Crippen molar-refractivity contribution in [2.75, 3.05) is 6.79 Å². The van der Waals surface area contributed by atoms with Gasteiger partial charge in [0.2, 0.25) is 6.79 Å². The lowest BCUT2D eigenvalue weighted by molar-refractivity contribution is 0.0711. The lowest BCUT2D eigenvalue weighted by Crippen LogP contribution is -1.96. The average molecular weight is 125 g/mol. The minimum absolute atomic E-state index is 0.356. The van der Waals surface area contributed by atoms with Gasteiger partial charge in [0.25, 0.3) is 0 Å². The molecule has 0 aromatic heterocycles. The van der Waals surface area contributed by atoms with Crippen molar-refractivity contribution in [1.82, 2.24) is 0 Å². The Morgan fingerprint density at radius 2 is 2.33 bits per heavy atom. The molecule has 3 heteroatoms. The van der Waals surface area contributed by atoms with E-state index in [1.54, 1.807) is 0 Å². The smallest absolute Gasteiger partial charge is 0.230 e. The molecule has 9 heavy (non-hydrogen) atoms. The molecule has 48 valence electrons. The maximum Gasteiger partial charge on any atom is 0.230 e. The van der Waals surface area contributed by atoms with Gasteiger partial charge in [0.15, 0.2) is 5.76 Å². The summed E-state index contributed by atoms with van der Waals surface area (Å²) < 4.78 is 10.1. The Hall–Kier alpha value is -1.12. The fourth-order valence-electron chi connectivity index (χ4n) is 0.981. The van der Waals surface area contributed by atoms with Crippen molar-refractivity contribution in [3.63, 3.8) is 0 Å². The summed E-state index contributed by atoms with van der Waals surface area (Å²) in [6, 6.07) is 0. The first-order valence-corrected chi connectivity index (χ1v) is 2.81. The molecule has 0 radical (unpaired) electrons. The van der Waals surface area contributed by atoms with Gasteiger partial charge < -0.3 is 15.2 Å². The molecule has 1 aliphatic heterocycles.